The van der Waals surface area contributed by atoms with Crippen LogP contribution in [0.1, 0.15) is 25.3 Å². The lowest BCUT2D eigenvalue weighted by molar-refractivity contribution is 0.791. The largest absolute Gasteiger partial charge is 0.264 e. The monoisotopic (exact) mass is 134 g/mol. The van der Waals surface area contributed by atoms with Crippen molar-refractivity contribution in [2.24, 2.45) is 0 Å². The molecule has 0 saturated carbocycles. The number of aryl methyl sites for hydroxylation is 1. The number of hydrogen-bond acceptors (Lipinski definition) is 1. The first-order valence-corrected chi connectivity index (χ1v) is 3.74. The third-order valence-electron chi connectivity index (χ3n) is 1.46. The molecule has 53 valence electrons. The predicted octanol–water partition coefficient (Wildman–Crippen LogP) is 2.22. The molecule has 1 heterocycles. The van der Waals surface area contributed by atoms with Crippen LogP contribution in [0.5, 0.6) is 0 Å². The van der Waals surface area contributed by atoms with Crippen LogP contribution in [0, 0.1) is 6.07 Å². The highest BCUT2D eigenvalue weighted by molar-refractivity contribution is 5.06. The van der Waals surface area contributed by atoms with E-state index in [-0.39, 0.29) is 0 Å². The van der Waals surface area contributed by atoms with Crippen molar-refractivity contribution in [1.82, 2.24) is 4.98 Å². The van der Waals surface area contributed by atoms with E-state index in [0.29, 0.717) is 0 Å². The van der Waals surface area contributed by atoms with E-state index in [1.807, 2.05) is 12.3 Å². The summed E-state index contributed by atoms with van der Waals surface area (Å²) in [6, 6.07) is 5.01. The van der Waals surface area contributed by atoms with Crippen LogP contribution in [0.2, 0.25) is 0 Å². The van der Waals surface area contributed by atoms with Crippen molar-refractivity contribution < 1.29 is 0 Å². The number of hydrogen-bond donors (Lipinski definition) is 0. The molecule has 0 atom stereocenters. The summed E-state index contributed by atoms with van der Waals surface area (Å²) in [7, 11) is 0. The van der Waals surface area contributed by atoms with Gasteiger partial charge in [0.05, 0.1) is 0 Å². The van der Waals surface area contributed by atoms with Gasteiger partial charge in [-0.1, -0.05) is 13.3 Å². The van der Waals surface area contributed by atoms with Gasteiger partial charge < -0.3 is 0 Å². The summed E-state index contributed by atoms with van der Waals surface area (Å²) in [4.78, 5) is 4.01. The highest BCUT2D eigenvalue weighted by atomic mass is 14.6. The Morgan fingerprint density at radius 1 is 1.60 bits per heavy atom. The maximum atomic E-state index is 4.01. The third kappa shape index (κ3) is 2.18. The lowest BCUT2D eigenvalue weighted by Crippen LogP contribution is -1.84. The second kappa shape index (κ2) is 4.04. The molecular formula is C9H12N. The average molecular weight is 134 g/mol. The van der Waals surface area contributed by atoms with Gasteiger partial charge in [0.15, 0.2) is 0 Å². The number of nitrogens with zero attached hydrogens (tertiary/aromatic N) is 1. The normalized spacial score (nSPS) is 9.70. The molecule has 0 aliphatic heterocycles. The minimum absolute atomic E-state index is 1.12. The molecule has 0 aliphatic carbocycles. The Morgan fingerprint density at radius 2 is 2.50 bits per heavy atom. The van der Waals surface area contributed by atoms with E-state index < -0.39 is 0 Å². The minimum atomic E-state index is 1.12. The topological polar surface area (TPSA) is 12.9 Å². The molecule has 0 aromatic carbocycles. The van der Waals surface area contributed by atoms with Gasteiger partial charge in [-0.05, 0) is 30.5 Å². The standard InChI is InChI=1S/C9H12N/c1-2-3-5-9-6-4-7-10-8-9/h4,7-8H,2-3,5H2,1H3. The molecule has 1 radical (unpaired) electrons. The van der Waals surface area contributed by atoms with Crippen molar-refractivity contribution in [2.45, 2.75) is 26.2 Å². The number of pyridine rings is 1. The molecule has 1 nitrogen and oxygen atoms in total. The smallest absolute Gasteiger partial charge is 0.0306 e. The van der Waals surface area contributed by atoms with Crippen molar-refractivity contribution in [3.05, 3.63) is 30.1 Å². The van der Waals surface area contributed by atoms with E-state index in [1.54, 1.807) is 6.20 Å². The van der Waals surface area contributed by atoms with Crippen LogP contribution < -0.4 is 0 Å². The molecule has 0 spiro atoms. The lowest BCUT2D eigenvalue weighted by atomic mass is 10.1. The highest BCUT2D eigenvalue weighted by Crippen LogP contribution is 2.00. The summed E-state index contributed by atoms with van der Waals surface area (Å²) < 4.78 is 0. The van der Waals surface area contributed by atoms with Gasteiger partial charge >= 0.3 is 0 Å². The molecule has 1 rings (SSSR count). The van der Waals surface area contributed by atoms with Gasteiger partial charge in [0, 0.05) is 12.4 Å². The Kier molecular flexibility index (Phi) is 2.94. The zero-order valence-electron chi connectivity index (χ0n) is 6.30. The van der Waals surface area contributed by atoms with Gasteiger partial charge in [-0.3, -0.25) is 4.98 Å². The lowest BCUT2D eigenvalue weighted by Gasteiger charge is -1.95. The van der Waals surface area contributed by atoms with Crippen molar-refractivity contribution in [1.29, 1.82) is 0 Å². The molecule has 0 aliphatic rings. The summed E-state index contributed by atoms with van der Waals surface area (Å²) in [6.45, 7) is 2.19. The summed E-state index contributed by atoms with van der Waals surface area (Å²) in [6.07, 6.45) is 7.24. The second-order valence-corrected chi connectivity index (χ2v) is 2.37. The van der Waals surface area contributed by atoms with Crippen LogP contribution in [0.25, 0.3) is 0 Å². The fourth-order valence-electron chi connectivity index (χ4n) is 0.862. The van der Waals surface area contributed by atoms with Crippen LogP contribution >= 0.6 is 0 Å². The first-order chi connectivity index (χ1) is 4.93. The predicted molar refractivity (Wildman–Crippen MR) is 41.7 cm³/mol. The van der Waals surface area contributed by atoms with Crippen molar-refractivity contribution in [2.75, 3.05) is 0 Å². The summed E-state index contributed by atoms with van der Waals surface area (Å²) in [5, 5.41) is 0. The molecule has 0 amide bonds. The van der Waals surface area contributed by atoms with E-state index in [1.165, 1.54) is 18.4 Å². The van der Waals surface area contributed by atoms with E-state index in [0.717, 1.165) is 6.42 Å². The van der Waals surface area contributed by atoms with Gasteiger partial charge in [-0.2, -0.15) is 0 Å². The third-order valence-corrected chi connectivity index (χ3v) is 1.46. The van der Waals surface area contributed by atoms with E-state index in [9.17, 15) is 0 Å². The maximum Gasteiger partial charge on any atom is 0.0306 e. The molecule has 10 heavy (non-hydrogen) atoms. The van der Waals surface area contributed by atoms with Gasteiger partial charge in [0.1, 0.15) is 0 Å². The average Bonchev–Trinajstić information content (AvgIpc) is 2.03. The molecule has 0 N–H and O–H groups in total. The Labute approximate surface area is 62.1 Å². The minimum Gasteiger partial charge on any atom is -0.264 e. The maximum absolute atomic E-state index is 4.01. The fourth-order valence-corrected chi connectivity index (χ4v) is 0.862. The van der Waals surface area contributed by atoms with Crippen LogP contribution in [-0.2, 0) is 6.42 Å². The molecule has 0 bridgehead atoms. The summed E-state index contributed by atoms with van der Waals surface area (Å²) >= 11 is 0. The van der Waals surface area contributed by atoms with Crippen molar-refractivity contribution >= 4 is 0 Å². The van der Waals surface area contributed by atoms with Gasteiger partial charge in [0.2, 0.25) is 0 Å². The van der Waals surface area contributed by atoms with Crippen LogP contribution in [-0.4, -0.2) is 4.98 Å². The number of rotatable bonds is 3. The molecule has 1 aromatic rings. The Morgan fingerprint density at radius 3 is 3.10 bits per heavy atom. The van der Waals surface area contributed by atoms with Crippen molar-refractivity contribution in [3.63, 3.8) is 0 Å². The molecule has 1 aromatic heterocycles. The highest BCUT2D eigenvalue weighted by Gasteiger charge is 1.88. The summed E-state index contributed by atoms with van der Waals surface area (Å²) in [5.41, 5.74) is 1.23. The molecular weight excluding hydrogens is 122 g/mol. The van der Waals surface area contributed by atoms with E-state index >= 15 is 0 Å². The Bertz CT molecular complexity index is 169. The first-order valence-electron chi connectivity index (χ1n) is 3.74. The Hall–Kier alpha value is -0.850. The van der Waals surface area contributed by atoms with E-state index in [4.69, 9.17) is 0 Å². The fraction of sp³-hybridized carbons (Fsp3) is 0.444. The van der Waals surface area contributed by atoms with E-state index in [2.05, 4.69) is 18.0 Å². The van der Waals surface area contributed by atoms with Gasteiger partial charge in [-0.25, -0.2) is 0 Å². The zero-order valence-corrected chi connectivity index (χ0v) is 6.30. The number of unbranched alkanes of at least 4 members (excludes halogenated alkanes) is 1. The number of aromatic nitrogens is 1. The quantitative estimate of drug-likeness (QED) is 0.617. The van der Waals surface area contributed by atoms with Crippen LogP contribution in [0.4, 0.5) is 0 Å². The molecule has 0 fully saturated rings. The van der Waals surface area contributed by atoms with Crippen LogP contribution in [0.3, 0.4) is 0 Å². The van der Waals surface area contributed by atoms with Crippen LogP contribution in [0.15, 0.2) is 18.5 Å². The van der Waals surface area contributed by atoms with Crippen molar-refractivity contribution in [3.8, 4) is 0 Å². The van der Waals surface area contributed by atoms with Gasteiger partial charge in [0.25, 0.3) is 0 Å². The summed E-state index contributed by atoms with van der Waals surface area (Å²) in [5.74, 6) is 0. The first kappa shape index (κ1) is 7.26. The molecule has 0 saturated heterocycles. The van der Waals surface area contributed by atoms with Gasteiger partial charge in [-0.15, -0.1) is 0 Å². The zero-order chi connectivity index (χ0) is 7.23. The molecule has 1 heteroatoms. The Balaban J connectivity index is 2.43. The second-order valence-electron chi connectivity index (χ2n) is 2.37. The molecule has 0 unspecified atom stereocenters. The SMILES string of the molecule is CCCCc1[c]ccnc1.